The highest BCUT2D eigenvalue weighted by Gasteiger charge is 2.25. The van der Waals surface area contributed by atoms with E-state index >= 15 is 0 Å². The normalized spacial score (nSPS) is 11.5. The highest BCUT2D eigenvalue weighted by molar-refractivity contribution is 7.92. The Kier molecular flexibility index (Phi) is 3.37. The van der Waals surface area contributed by atoms with E-state index in [1.54, 1.807) is 0 Å². The average molecular weight is 226 g/mol. The number of methoxy groups -OCH3 is 1. The minimum absolute atomic E-state index is 0.204. The van der Waals surface area contributed by atoms with Crippen molar-refractivity contribution < 1.29 is 9.29 Å². The van der Waals surface area contributed by atoms with E-state index in [1.165, 1.54) is 13.4 Å². The molecule has 0 aliphatic carbocycles. The molecule has 1 rings (SSSR count). The monoisotopic (exact) mass is 226 g/mol. The Labute approximate surface area is 88.5 Å². The summed E-state index contributed by atoms with van der Waals surface area (Å²) in [5, 5.41) is 17.6. The molecule has 0 aliphatic rings. The van der Waals surface area contributed by atoms with Gasteiger partial charge in [-0.1, -0.05) is 11.3 Å². The smallest absolute Gasteiger partial charge is 0.229 e. The van der Waals surface area contributed by atoms with Crippen LogP contribution in [0, 0.1) is 22.7 Å². The molecular formula is C8H6N2O2S2. The van der Waals surface area contributed by atoms with E-state index in [-0.39, 0.29) is 16.2 Å². The maximum Gasteiger partial charge on any atom is 0.229 e. The van der Waals surface area contributed by atoms with E-state index in [4.69, 9.17) is 15.3 Å². The van der Waals surface area contributed by atoms with E-state index in [2.05, 4.69) is 0 Å². The predicted octanol–water partition coefficient (Wildman–Crippen LogP) is 1.24. The first-order chi connectivity index (χ1) is 6.65. The third-order valence-corrected chi connectivity index (χ3v) is 4.06. The zero-order chi connectivity index (χ0) is 10.7. The average Bonchev–Trinajstić information content (AvgIpc) is 2.54. The summed E-state index contributed by atoms with van der Waals surface area (Å²) < 4.78 is 16.5. The molecule has 1 atom stereocenters. The first-order valence-electron chi connectivity index (χ1n) is 3.50. The van der Waals surface area contributed by atoms with Crippen molar-refractivity contribution in [3.05, 3.63) is 10.4 Å². The van der Waals surface area contributed by atoms with Crippen LogP contribution in [-0.4, -0.2) is 17.9 Å². The van der Waals surface area contributed by atoms with Gasteiger partial charge in [-0.3, -0.25) is 0 Å². The quantitative estimate of drug-likeness (QED) is 0.710. The second-order valence-electron chi connectivity index (χ2n) is 2.30. The van der Waals surface area contributed by atoms with Crippen molar-refractivity contribution in [2.45, 2.75) is 4.21 Å². The van der Waals surface area contributed by atoms with Crippen LogP contribution in [0.15, 0.2) is 4.21 Å². The number of hydrogen-bond donors (Lipinski definition) is 0. The summed E-state index contributed by atoms with van der Waals surface area (Å²) in [6.07, 6.45) is 1.47. The second-order valence-corrected chi connectivity index (χ2v) is 4.90. The van der Waals surface area contributed by atoms with Gasteiger partial charge in [-0.25, -0.2) is 0 Å². The van der Waals surface area contributed by atoms with Crippen LogP contribution < -0.4 is 4.74 Å². The van der Waals surface area contributed by atoms with Gasteiger partial charge in [0.25, 0.3) is 0 Å². The SMILES string of the molecule is COc1c(C#N)sc([S+](C)[O-])c1C#N. The molecule has 1 aromatic rings. The van der Waals surface area contributed by atoms with Gasteiger partial charge in [-0.2, -0.15) is 10.5 Å². The van der Waals surface area contributed by atoms with E-state index in [1.807, 2.05) is 12.1 Å². The third-order valence-electron chi connectivity index (χ3n) is 1.51. The van der Waals surface area contributed by atoms with Crippen LogP contribution in [0.25, 0.3) is 0 Å². The maximum atomic E-state index is 11.2. The summed E-state index contributed by atoms with van der Waals surface area (Å²) in [7, 11) is 1.38. The zero-order valence-electron chi connectivity index (χ0n) is 7.53. The van der Waals surface area contributed by atoms with Crippen LogP contribution in [-0.2, 0) is 11.2 Å². The summed E-state index contributed by atoms with van der Waals surface area (Å²) in [4.78, 5) is 0.286. The summed E-state index contributed by atoms with van der Waals surface area (Å²) >= 11 is -0.234. The molecule has 0 saturated heterocycles. The van der Waals surface area contributed by atoms with Gasteiger partial charge in [-0.05, 0) is 11.2 Å². The Balaban J connectivity index is 3.43. The fourth-order valence-corrected chi connectivity index (χ4v) is 2.86. The molecule has 0 saturated carbocycles. The standard InChI is InChI=1S/C8H6N2O2S2/c1-12-7-5(3-9)8(14(2)11)13-6(7)4-10/h1-2H3. The van der Waals surface area contributed by atoms with Gasteiger partial charge in [-0.15, -0.1) is 0 Å². The highest BCUT2D eigenvalue weighted by atomic mass is 32.2. The Morgan fingerprint density at radius 3 is 2.43 bits per heavy atom. The fourth-order valence-electron chi connectivity index (χ4n) is 0.963. The molecule has 72 valence electrons. The molecular weight excluding hydrogens is 220 g/mol. The Morgan fingerprint density at radius 2 is 2.07 bits per heavy atom. The first-order valence-corrected chi connectivity index (χ1v) is 5.87. The number of nitrogens with zero attached hydrogens (tertiary/aromatic N) is 2. The van der Waals surface area contributed by atoms with Gasteiger partial charge in [0.15, 0.2) is 16.2 Å². The lowest BCUT2D eigenvalue weighted by Gasteiger charge is -2.00. The van der Waals surface area contributed by atoms with Crippen molar-refractivity contribution >= 4 is 22.5 Å². The van der Waals surface area contributed by atoms with E-state index in [9.17, 15) is 4.55 Å². The molecule has 1 unspecified atom stereocenters. The van der Waals surface area contributed by atoms with Crippen LogP contribution in [0.4, 0.5) is 0 Å². The van der Waals surface area contributed by atoms with Crippen molar-refractivity contribution in [1.29, 1.82) is 10.5 Å². The van der Waals surface area contributed by atoms with Crippen molar-refractivity contribution in [3.8, 4) is 17.9 Å². The minimum Gasteiger partial charge on any atom is -0.611 e. The molecule has 14 heavy (non-hydrogen) atoms. The number of ether oxygens (including phenoxy) is 1. The molecule has 0 bridgehead atoms. The van der Waals surface area contributed by atoms with Crippen LogP contribution in [0.1, 0.15) is 10.4 Å². The van der Waals surface area contributed by atoms with Gasteiger partial charge in [0, 0.05) is 0 Å². The molecule has 0 fully saturated rings. The molecule has 0 aliphatic heterocycles. The third kappa shape index (κ3) is 1.68. The fraction of sp³-hybridized carbons (Fsp3) is 0.250. The highest BCUT2D eigenvalue weighted by Crippen LogP contribution is 2.36. The van der Waals surface area contributed by atoms with Gasteiger partial charge >= 0.3 is 0 Å². The van der Waals surface area contributed by atoms with Crippen molar-refractivity contribution in [1.82, 2.24) is 0 Å². The molecule has 1 heterocycles. The first kappa shape index (κ1) is 10.9. The summed E-state index contributed by atoms with van der Waals surface area (Å²) in [5.41, 5.74) is 0.204. The molecule has 0 spiro atoms. The molecule has 4 nitrogen and oxygen atoms in total. The van der Waals surface area contributed by atoms with Crippen LogP contribution in [0.3, 0.4) is 0 Å². The molecule has 0 N–H and O–H groups in total. The predicted molar refractivity (Wildman–Crippen MR) is 52.6 cm³/mol. The molecule has 1 aromatic heterocycles. The van der Waals surface area contributed by atoms with Gasteiger partial charge in [0.2, 0.25) is 4.21 Å². The molecule has 0 radical (unpaired) electrons. The Morgan fingerprint density at radius 1 is 1.43 bits per heavy atom. The van der Waals surface area contributed by atoms with Gasteiger partial charge in [0.1, 0.15) is 18.4 Å². The van der Waals surface area contributed by atoms with E-state index < -0.39 is 11.2 Å². The maximum absolute atomic E-state index is 11.2. The van der Waals surface area contributed by atoms with Crippen LogP contribution >= 0.6 is 11.3 Å². The molecule has 0 aromatic carbocycles. The van der Waals surface area contributed by atoms with Crippen molar-refractivity contribution in [2.75, 3.05) is 13.4 Å². The van der Waals surface area contributed by atoms with Crippen molar-refractivity contribution in [3.63, 3.8) is 0 Å². The van der Waals surface area contributed by atoms with Crippen LogP contribution in [0.5, 0.6) is 5.75 Å². The van der Waals surface area contributed by atoms with Crippen molar-refractivity contribution in [2.24, 2.45) is 0 Å². The molecule has 0 amide bonds. The lowest BCUT2D eigenvalue weighted by Crippen LogP contribution is -1.96. The summed E-state index contributed by atoms with van der Waals surface area (Å²) in [6.45, 7) is 0. The minimum atomic E-state index is -1.27. The van der Waals surface area contributed by atoms with Gasteiger partial charge < -0.3 is 9.29 Å². The summed E-state index contributed by atoms with van der Waals surface area (Å²) in [5.74, 6) is 0.227. The number of rotatable bonds is 2. The summed E-state index contributed by atoms with van der Waals surface area (Å²) in [6, 6.07) is 3.80. The lowest BCUT2D eigenvalue weighted by molar-refractivity contribution is 0.413. The lowest BCUT2D eigenvalue weighted by atomic mass is 10.3. The van der Waals surface area contributed by atoms with E-state index in [0.717, 1.165) is 11.3 Å². The van der Waals surface area contributed by atoms with Crippen LogP contribution in [0.2, 0.25) is 0 Å². The largest absolute Gasteiger partial charge is 0.611 e. The zero-order valence-corrected chi connectivity index (χ0v) is 9.16. The van der Waals surface area contributed by atoms with E-state index in [0.29, 0.717) is 4.21 Å². The Hall–Kier alpha value is -1.21. The number of hydrogen-bond acceptors (Lipinski definition) is 5. The Bertz CT molecular complexity index is 426. The van der Waals surface area contributed by atoms with Gasteiger partial charge in [0.05, 0.1) is 7.11 Å². The topological polar surface area (TPSA) is 79.9 Å². The second kappa shape index (κ2) is 4.34. The number of thiophene rings is 1. The number of nitriles is 2. The molecule has 6 heteroatoms.